The second-order valence-corrected chi connectivity index (χ2v) is 3.79. The molecule has 2 unspecified atom stereocenters. The van der Waals surface area contributed by atoms with Gasteiger partial charge >= 0.3 is 5.97 Å². The van der Waals surface area contributed by atoms with Gasteiger partial charge in [-0.1, -0.05) is 0 Å². The summed E-state index contributed by atoms with van der Waals surface area (Å²) in [5.74, 6) is -1.87. The number of aromatic nitrogens is 2. The summed E-state index contributed by atoms with van der Waals surface area (Å²) in [7, 11) is 1.71. The number of aliphatic carboxylic acids is 1. The molecule has 0 spiro atoms. The van der Waals surface area contributed by atoms with E-state index in [9.17, 15) is 9.59 Å². The molecule has 0 radical (unpaired) electrons. The van der Waals surface area contributed by atoms with Gasteiger partial charge in [0.2, 0.25) is 0 Å². The lowest BCUT2D eigenvalue weighted by Crippen LogP contribution is -2.39. The van der Waals surface area contributed by atoms with Gasteiger partial charge in [-0.15, -0.1) is 0 Å². The third kappa shape index (κ3) is 2.82. The van der Waals surface area contributed by atoms with E-state index in [1.54, 1.807) is 27.1 Å². The summed E-state index contributed by atoms with van der Waals surface area (Å²) in [5, 5.41) is 15.3. The van der Waals surface area contributed by atoms with E-state index in [-0.39, 0.29) is 5.91 Å². The Balaban J connectivity index is 2.61. The van der Waals surface area contributed by atoms with Crippen LogP contribution in [-0.2, 0) is 11.8 Å². The van der Waals surface area contributed by atoms with E-state index in [0.29, 0.717) is 5.56 Å². The van der Waals surface area contributed by atoms with Crippen LogP contribution in [0.15, 0.2) is 12.4 Å². The summed E-state index contributed by atoms with van der Waals surface area (Å²) in [5.41, 5.74) is 0.423. The van der Waals surface area contributed by atoms with Gasteiger partial charge in [0.1, 0.15) is 0 Å². The predicted octanol–water partition coefficient (Wildman–Crippen LogP) is 0.259. The molecule has 0 aliphatic rings. The van der Waals surface area contributed by atoms with Gasteiger partial charge in [0.05, 0.1) is 17.7 Å². The van der Waals surface area contributed by atoms with Gasteiger partial charge in [-0.3, -0.25) is 14.3 Å². The molecule has 0 bridgehead atoms. The first-order valence-corrected chi connectivity index (χ1v) is 4.94. The average molecular weight is 225 g/mol. The number of carboxylic acids is 1. The summed E-state index contributed by atoms with van der Waals surface area (Å²) in [4.78, 5) is 22.3. The Morgan fingerprint density at radius 3 is 2.56 bits per heavy atom. The highest BCUT2D eigenvalue weighted by Crippen LogP contribution is 2.04. The van der Waals surface area contributed by atoms with Crippen molar-refractivity contribution in [1.29, 1.82) is 0 Å². The normalized spacial score (nSPS) is 14.2. The van der Waals surface area contributed by atoms with Crippen molar-refractivity contribution in [3.05, 3.63) is 18.0 Å². The Labute approximate surface area is 93.3 Å². The predicted molar refractivity (Wildman–Crippen MR) is 56.9 cm³/mol. The molecule has 1 amide bonds. The number of aryl methyl sites for hydroxylation is 1. The second-order valence-electron chi connectivity index (χ2n) is 3.79. The Kier molecular flexibility index (Phi) is 3.65. The Morgan fingerprint density at radius 1 is 1.50 bits per heavy atom. The van der Waals surface area contributed by atoms with E-state index >= 15 is 0 Å². The number of carbonyl (C=O) groups excluding carboxylic acids is 1. The maximum Gasteiger partial charge on any atom is 0.308 e. The van der Waals surface area contributed by atoms with E-state index in [1.807, 2.05) is 0 Å². The number of nitrogens with one attached hydrogen (secondary N) is 1. The zero-order valence-corrected chi connectivity index (χ0v) is 9.47. The molecule has 1 aromatic rings. The zero-order chi connectivity index (χ0) is 12.3. The van der Waals surface area contributed by atoms with E-state index < -0.39 is 17.9 Å². The van der Waals surface area contributed by atoms with Gasteiger partial charge in [0.25, 0.3) is 5.91 Å². The van der Waals surface area contributed by atoms with Crippen LogP contribution in [0.2, 0.25) is 0 Å². The topological polar surface area (TPSA) is 84.2 Å². The quantitative estimate of drug-likeness (QED) is 0.769. The number of hydrogen-bond acceptors (Lipinski definition) is 3. The molecule has 2 atom stereocenters. The molecule has 16 heavy (non-hydrogen) atoms. The number of nitrogens with zero attached hydrogens (tertiary/aromatic N) is 2. The van der Waals surface area contributed by atoms with Crippen LogP contribution in [0.25, 0.3) is 0 Å². The van der Waals surface area contributed by atoms with Crippen molar-refractivity contribution in [2.75, 3.05) is 0 Å². The molecule has 1 heterocycles. The SMILES string of the molecule is CC(NC(=O)c1cnn(C)c1)C(C)C(=O)O. The van der Waals surface area contributed by atoms with E-state index in [1.165, 1.54) is 10.9 Å². The number of rotatable bonds is 4. The first kappa shape index (κ1) is 12.2. The fourth-order valence-corrected chi connectivity index (χ4v) is 1.17. The number of carboxylic acid groups (broad SMARTS) is 1. The van der Waals surface area contributed by atoms with Gasteiger partial charge in [-0.2, -0.15) is 5.10 Å². The summed E-state index contributed by atoms with van der Waals surface area (Å²) in [6, 6.07) is -0.426. The third-order valence-electron chi connectivity index (χ3n) is 2.47. The second kappa shape index (κ2) is 4.78. The highest BCUT2D eigenvalue weighted by atomic mass is 16.4. The fourth-order valence-electron chi connectivity index (χ4n) is 1.17. The smallest absolute Gasteiger partial charge is 0.308 e. The van der Waals surface area contributed by atoms with Crippen LogP contribution in [0.4, 0.5) is 0 Å². The average Bonchev–Trinajstić information content (AvgIpc) is 2.63. The van der Waals surface area contributed by atoms with Crippen LogP contribution in [0.3, 0.4) is 0 Å². The molecule has 88 valence electrons. The first-order valence-electron chi connectivity index (χ1n) is 4.94. The molecular weight excluding hydrogens is 210 g/mol. The lowest BCUT2D eigenvalue weighted by molar-refractivity contribution is -0.141. The van der Waals surface area contributed by atoms with Gasteiger partial charge < -0.3 is 10.4 Å². The van der Waals surface area contributed by atoms with E-state index in [0.717, 1.165) is 0 Å². The third-order valence-corrected chi connectivity index (χ3v) is 2.47. The molecular formula is C10H15N3O3. The van der Waals surface area contributed by atoms with Crippen molar-refractivity contribution >= 4 is 11.9 Å². The van der Waals surface area contributed by atoms with Crippen molar-refractivity contribution in [2.45, 2.75) is 19.9 Å². The number of carbonyl (C=O) groups is 2. The highest BCUT2D eigenvalue weighted by molar-refractivity contribution is 5.94. The van der Waals surface area contributed by atoms with Crippen molar-refractivity contribution in [2.24, 2.45) is 13.0 Å². The maximum atomic E-state index is 11.6. The van der Waals surface area contributed by atoms with Crippen molar-refractivity contribution in [3.8, 4) is 0 Å². The van der Waals surface area contributed by atoms with Crippen LogP contribution < -0.4 is 5.32 Å². The van der Waals surface area contributed by atoms with Crippen LogP contribution in [-0.4, -0.2) is 32.8 Å². The fraction of sp³-hybridized carbons (Fsp3) is 0.500. The molecule has 6 heteroatoms. The first-order chi connectivity index (χ1) is 7.41. The lowest BCUT2D eigenvalue weighted by atomic mass is 10.0. The van der Waals surface area contributed by atoms with Crippen LogP contribution in [0, 0.1) is 5.92 Å². The minimum Gasteiger partial charge on any atom is -0.481 e. The molecule has 0 saturated heterocycles. The molecule has 0 aliphatic carbocycles. The van der Waals surface area contributed by atoms with E-state index in [4.69, 9.17) is 5.11 Å². The van der Waals surface area contributed by atoms with Crippen LogP contribution in [0.1, 0.15) is 24.2 Å². The molecule has 0 aromatic carbocycles. The van der Waals surface area contributed by atoms with Crippen LogP contribution >= 0.6 is 0 Å². The van der Waals surface area contributed by atoms with E-state index in [2.05, 4.69) is 10.4 Å². The number of amides is 1. The van der Waals surface area contributed by atoms with Crippen molar-refractivity contribution in [3.63, 3.8) is 0 Å². The largest absolute Gasteiger partial charge is 0.481 e. The Morgan fingerprint density at radius 2 is 2.12 bits per heavy atom. The maximum absolute atomic E-state index is 11.6. The molecule has 0 fully saturated rings. The summed E-state index contributed by atoms with van der Waals surface area (Å²) in [6.45, 7) is 3.21. The lowest BCUT2D eigenvalue weighted by Gasteiger charge is -2.16. The summed E-state index contributed by atoms with van der Waals surface area (Å²) in [6.07, 6.45) is 3.01. The summed E-state index contributed by atoms with van der Waals surface area (Å²) < 4.78 is 1.51. The van der Waals surface area contributed by atoms with Gasteiger partial charge in [0.15, 0.2) is 0 Å². The molecule has 0 aliphatic heterocycles. The highest BCUT2D eigenvalue weighted by Gasteiger charge is 2.21. The van der Waals surface area contributed by atoms with Crippen molar-refractivity contribution in [1.82, 2.24) is 15.1 Å². The monoisotopic (exact) mass is 225 g/mol. The minimum absolute atomic E-state index is 0.311. The Hall–Kier alpha value is -1.85. The molecule has 1 rings (SSSR count). The van der Waals surface area contributed by atoms with Crippen LogP contribution in [0.5, 0.6) is 0 Å². The molecule has 2 N–H and O–H groups in total. The minimum atomic E-state index is -0.931. The number of hydrogen-bond donors (Lipinski definition) is 2. The van der Waals surface area contributed by atoms with Gasteiger partial charge in [-0.25, -0.2) is 0 Å². The zero-order valence-electron chi connectivity index (χ0n) is 9.47. The van der Waals surface area contributed by atoms with Gasteiger partial charge in [0, 0.05) is 19.3 Å². The Bertz CT molecular complexity index is 400. The molecule has 1 aromatic heterocycles. The van der Waals surface area contributed by atoms with Crippen molar-refractivity contribution < 1.29 is 14.7 Å². The molecule has 6 nitrogen and oxygen atoms in total. The standard InChI is InChI=1S/C10H15N3O3/c1-6(10(15)16)7(2)12-9(14)8-4-11-13(3)5-8/h4-7H,1-3H3,(H,12,14)(H,15,16). The summed E-state index contributed by atoms with van der Waals surface area (Å²) >= 11 is 0. The molecule has 0 saturated carbocycles. The van der Waals surface area contributed by atoms with Gasteiger partial charge in [-0.05, 0) is 13.8 Å².